The smallest absolute Gasteiger partial charge is 0.405 e. The van der Waals surface area contributed by atoms with E-state index in [-0.39, 0.29) is 10.2 Å². The summed E-state index contributed by atoms with van der Waals surface area (Å²) < 4.78 is 40.3. The molecule has 2 aromatic rings. The van der Waals surface area contributed by atoms with Crippen molar-refractivity contribution in [3.05, 3.63) is 40.6 Å². The Labute approximate surface area is 115 Å². The molecular weight excluding hydrogens is 327 g/mol. The van der Waals surface area contributed by atoms with Gasteiger partial charge in [0, 0.05) is 11.9 Å². The van der Waals surface area contributed by atoms with E-state index in [9.17, 15) is 13.2 Å². The monoisotopic (exact) mass is 335 g/mol. The Morgan fingerprint density at radius 2 is 2.11 bits per heavy atom. The molecule has 0 fully saturated rings. The highest BCUT2D eigenvalue weighted by atomic mass is 79.9. The fourth-order valence-corrected chi connectivity index (χ4v) is 1.86. The van der Waals surface area contributed by atoms with Gasteiger partial charge < -0.3 is 10.1 Å². The van der Waals surface area contributed by atoms with Crippen LogP contribution in [0.5, 0.6) is 5.75 Å². The van der Waals surface area contributed by atoms with Crippen molar-refractivity contribution in [3.63, 3.8) is 0 Å². The first kappa shape index (κ1) is 13.7. The largest absolute Gasteiger partial charge is 0.573 e. The summed E-state index contributed by atoms with van der Waals surface area (Å²) in [5.41, 5.74) is 1.53. The van der Waals surface area contributed by atoms with Crippen molar-refractivity contribution in [2.75, 3.05) is 5.32 Å². The third-order valence-electron chi connectivity index (χ3n) is 2.20. The number of nitrogens with zero attached hydrogens (tertiary/aromatic N) is 1. The standard InChI is InChI=1S/C11H9BrF3N3O/c12-9-5-7(16-6-8-3-4-17-18-8)1-2-10(9)19-11(13,14)15/h1-5,16H,6H2,(H,17,18). The molecule has 8 heteroatoms. The minimum absolute atomic E-state index is 0.222. The lowest BCUT2D eigenvalue weighted by Gasteiger charge is -2.12. The number of nitrogens with one attached hydrogen (secondary N) is 2. The Morgan fingerprint density at radius 3 is 2.68 bits per heavy atom. The van der Waals surface area contributed by atoms with Gasteiger partial charge in [-0.25, -0.2) is 0 Å². The van der Waals surface area contributed by atoms with E-state index in [0.29, 0.717) is 12.2 Å². The molecule has 1 aromatic heterocycles. The van der Waals surface area contributed by atoms with Gasteiger partial charge in [-0.2, -0.15) is 5.10 Å². The van der Waals surface area contributed by atoms with E-state index in [1.54, 1.807) is 12.3 Å². The molecule has 1 heterocycles. The first-order chi connectivity index (χ1) is 8.94. The van der Waals surface area contributed by atoms with Crippen LogP contribution in [0.15, 0.2) is 34.9 Å². The Kier molecular flexibility index (Phi) is 3.98. The van der Waals surface area contributed by atoms with Gasteiger partial charge in [0.25, 0.3) is 0 Å². The van der Waals surface area contributed by atoms with Crippen molar-refractivity contribution in [1.29, 1.82) is 0 Å². The molecule has 0 amide bonds. The van der Waals surface area contributed by atoms with Gasteiger partial charge in [-0.05, 0) is 40.2 Å². The molecular formula is C11H9BrF3N3O. The zero-order valence-corrected chi connectivity index (χ0v) is 11.0. The summed E-state index contributed by atoms with van der Waals surface area (Å²) in [5.74, 6) is -0.278. The first-order valence-corrected chi connectivity index (χ1v) is 6.01. The number of anilines is 1. The molecule has 0 saturated carbocycles. The molecule has 0 aliphatic heterocycles. The molecule has 0 saturated heterocycles. The van der Waals surface area contributed by atoms with Gasteiger partial charge in [0.15, 0.2) is 0 Å². The summed E-state index contributed by atoms with van der Waals surface area (Å²) in [4.78, 5) is 0. The van der Waals surface area contributed by atoms with Crippen LogP contribution in [0, 0.1) is 0 Å². The summed E-state index contributed by atoms with van der Waals surface area (Å²) >= 11 is 3.03. The fraction of sp³-hybridized carbons (Fsp3) is 0.182. The normalized spacial score (nSPS) is 11.4. The summed E-state index contributed by atoms with van der Waals surface area (Å²) in [6.07, 6.45) is -3.08. The summed E-state index contributed by atoms with van der Waals surface area (Å²) in [5, 5.41) is 9.59. The van der Waals surface area contributed by atoms with Crippen LogP contribution >= 0.6 is 15.9 Å². The van der Waals surface area contributed by atoms with Crippen molar-refractivity contribution in [2.45, 2.75) is 12.9 Å². The van der Waals surface area contributed by atoms with Crippen LogP contribution in [-0.2, 0) is 6.54 Å². The lowest BCUT2D eigenvalue weighted by molar-refractivity contribution is -0.274. The molecule has 0 aliphatic rings. The van der Waals surface area contributed by atoms with Gasteiger partial charge in [-0.1, -0.05) is 0 Å². The number of rotatable bonds is 4. The van der Waals surface area contributed by atoms with E-state index >= 15 is 0 Å². The molecule has 0 bridgehead atoms. The number of H-pyrrole nitrogens is 1. The highest BCUT2D eigenvalue weighted by Gasteiger charge is 2.31. The second-order valence-electron chi connectivity index (χ2n) is 3.63. The predicted octanol–water partition coefficient (Wildman–Crippen LogP) is 3.68. The third-order valence-corrected chi connectivity index (χ3v) is 2.82. The van der Waals surface area contributed by atoms with Crippen LogP contribution < -0.4 is 10.1 Å². The number of hydrogen-bond donors (Lipinski definition) is 2. The van der Waals surface area contributed by atoms with E-state index in [1.807, 2.05) is 0 Å². The average Bonchev–Trinajstić information content (AvgIpc) is 2.81. The minimum atomic E-state index is -4.70. The van der Waals surface area contributed by atoms with Crippen LogP contribution in [0.2, 0.25) is 0 Å². The molecule has 2 N–H and O–H groups in total. The van der Waals surface area contributed by atoms with Crippen molar-refractivity contribution in [2.24, 2.45) is 0 Å². The van der Waals surface area contributed by atoms with E-state index in [0.717, 1.165) is 5.69 Å². The van der Waals surface area contributed by atoms with Crippen molar-refractivity contribution in [3.8, 4) is 5.75 Å². The Bertz CT molecular complexity index is 543. The van der Waals surface area contributed by atoms with Gasteiger partial charge in [0.05, 0.1) is 16.7 Å². The number of aromatic nitrogens is 2. The van der Waals surface area contributed by atoms with Gasteiger partial charge in [0.1, 0.15) is 5.75 Å². The molecule has 0 atom stereocenters. The summed E-state index contributed by atoms with van der Waals surface area (Å²) in [6.45, 7) is 0.492. The van der Waals surface area contributed by atoms with Crippen molar-refractivity contribution in [1.82, 2.24) is 10.2 Å². The third kappa shape index (κ3) is 4.16. The van der Waals surface area contributed by atoms with Gasteiger partial charge in [-0.15, -0.1) is 13.2 Å². The Balaban J connectivity index is 2.02. The predicted molar refractivity (Wildman–Crippen MR) is 66.7 cm³/mol. The molecule has 0 aliphatic carbocycles. The molecule has 102 valence electrons. The van der Waals surface area contributed by atoms with Crippen LogP contribution in [0.25, 0.3) is 0 Å². The highest BCUT2D eigenvalue weighted by Crippen LogP contribution is 2.32. The van der Waals surface area contributed by atoms with Gasteiger partial charge in [0.2, 0.25) is 0 Å². The molecule has 0 spiro atoms. The zero-order chi connectivity index (χ0) is 13.9. The highest BCUT2D eigenvalue weighted by molar-refractivity contribution is 9.10. The number of benzene rings is 1. The summed E-state index contributed by atoms with van der Waals surface area (Å²) in [7, 11) is 0. The molecule has 19 heavy (non-hydrogen) atoms. The molecule has 2 rings (SSSR count). The SMILES string of the molecule is FC(F)(F)Oc1ccc(NCc2ccn[nH]2)cc1Br. The van der Waals surface area contributed by atoms with Crippen LogP contribution in [0.1, 0.15) is 5.69 Å². The Morgan fingerprint density at radius 1 is 1.32 bits per heavy atom. The molecule has 4 nitrogen and oxygen atoms in total. The van der Waals surface area contributed by atoms with Gasteiger partial charge in [-0.3, -0.25) is 5.10 Å². The Hall–Kier alpha value is -1.70. The van der Waals surface area contributed by atoms with Crippen LogP contribution in [-0.4, -0.2) is 16.6 Å². The van der Waals surface area contributed by atoms with Crippen LogP contribution in [0.4, 0.5) is 18.9 Å². The molecule has 0 unspecified atom stereocenters. The molecule has 1 aromatic carbocycles. The van der Waals surface area contributed by atoms with Crippen molar-refractivity contribution >= 4 is 21.6 Å². The summed E-state index contributed by atoms with van der Waals surface area (Å²) in [6, 6.07) is 6.05. The van der Waals surface area contributed by atoms with E-state index in [1.165, 1.54) is 18.2 Å². The molecule has 0 radical (unpaired) electrons. The quantitative estimate of drug-likeness (QED) is 0.895. The van der Waals surface area contributed by atoms with Crippen molar-refractivity contribution < 1.29 is 17.9 Å². The van der Waals surface area contributed by atoms with Gasteiger partial charge >= 0.3 is 6.36 Å². The van der Waals surface area contributed by atoms with Crippen LogP contribution in [0.3, 0.4) is 0 Å². The topological polar surface area (TPSA) is 49.9 Å². The zero-order valence-electron chi connectivity index (χ0n) is 9.46. The second kappa shape index (κ2) is 5.52. The first-order valence-electron chi connectivity index (χ1n) is 5.21. The maximum absolute atomic E-state index is 12.1. The number of ether oxygens (including phenoxy) is 1. The average molecular weight is 336 g/mol. The van der Waals surface area contributed by atoms with E-state index < -0.39 is 6.36 Å². The second-order valence-corrected chi connectivity index (χ2v) is 4.48. The number of hydrogen-bond acceptors (Lipinski definition) is 3. The lowest BCUT2D eigenvalue weighted by atomic mass is 10.3. The minimum Gasteiger partial charge on any atom is -0.405 e. The fourth-order valence-electron chi connectivity index (χ4n) is 1.40. The number of halogens is 4. The van der Waals surface area contributed by atoms with E-state index in [4.69, 9.17) is 0 Å². The number of aromatic amines is 1. The number of alkyl halides is 3. The van der Waals surface area contributed by atoms with E-state index in [2.05, 4.69) is 36.2 Å². The maximum Gasteiger partial charge on any atom is 0.573 e. The maximum atomic E-state index is 12.1. The lowest BCUT2D eigenvalue weighted by Crippen LogP contribution is -2.17.